The molecule has 2 aromatic rings. The van der Waals surface area contributed by atoms with E-state index in [1.54, 1.807) is 6.21 Å². The largest absolute Gasteiger partial charge is 0.347 e. The molecule has 0 spiro atoms. The lowest BCUT2D eigenvalue weighted by atomic mass is 10.2. The zero-order valence-electron chi connectivity index (χ0n) is 10.9. The number of aryl methyl sites for hydroxylation is 1. The molecule has 1 fully saturated rings. The molecule has 0 aliphatic carbocycles. The van der Waals surface area contributed by atoms with Crippen LogP contribution in [0, 0.1) is 0 Å². The lowest BCUT2D eigenvalue weighted by Crippen LogP contribution is -2.22. The van der Waals surface area contributed by atoms with E-state index < -0.39 is 0 Å². The maximum Gasteiger partial charge on any atom is 0.259 e. The highest BCUT2D eigenvalue weighted by molar-refractivity contribution is 8.23. The Bertz CT molecular complexity index is 704. The van der Waals surface area contributed by atoms with Crippen molar-refractivity contribution >= 4 is 51.3 Å². The lowest BCUT2D eigenvalue weighted by Gasteiger charge is -2.05. The van der Waals surface area contributed by atoms with E-state index in [-0.39, 0.29) is 5.91 Å². The molecule has 0 unspecified atom stereocenters. The SMILES string of the molecule is CCn1cc(/C=N\N2C(=O)CSC2=S)c2ccccc21. The second-order valence-electron chi connectivity index (χ2n) is 4.39. The third-order valence-electron chi connectivity index (χ3n) is 3.20. The molecule has 1 aliphatic rings. The van der Waals surface area contributed by atoms with E-state index >= 15 is 0 Å². The quantitative estimate of drug-likeness (QED) is 0.646. The number of carbonyl (C=O) groups excluding carboxylic acids is 1. The molecule has 0 radical (unpaired) electrons. The van der Waals surface area contributed by atoms with E-state index in [0.717, 1.165) is 17.5 Å². The normalized spacial score (nSPS) is 15.9. The van der Waals surface area contributed by atoms with Crippen LogP contribution in [0.25, 0.3) is 10.9 Å². The van der Waals surface area contributed by atoms with Gasteiger partial charge < -0.3 is 4.57 Å². The summed E-state index contributed by atoms with van der Waals surface area (Å²) in [6.45, 7) is 2.99. The second-order valence-corrected chi connectivity index (χ2v) is 6.00. The first kappa shape index (κ1) is 13.3. The van der Waals surface area contributed by atoms with E-state index in [9.17, 15) is 4.79 Å². The van der Waals surface area contributed by atoms with Gasteiger partial charge in [0.2, 0.25) is 0 Å². The number of thiocarbonyl (C=S) groups is 1. The highest BCUT2D eigenvalue weighted by atomic mass is 32.2. The summed E-state index contributed by atoms with van der Waals surface area (Å²) in [4.78, 5) is 11.6. The van der Waals surface area contributed by atoms with E-state index in [0.29, 0.717) is 10.1 Å². The molecule has 0 saturated carbocycles. The number of para-hydroxylation sites is 1. The fourth-order valence-corrected chi connectivity index (χ4v) is 3.18. The number of fused-ring (bicyclic) bond motifs is 1. The van der Waals surface area contributed by atoms with Gasteiger partial charge in [-0.15, -0.1) is 0 Å². The average molecular weight is 303 g/mol. The topological polar surface area (TPSA) is 37.6 Å². The Balaban J connectivity index is 1.99. The minimum atomic E-state index is -0.0597. The van der Waals surface area contributed by atoms with Gasteiger partial charge in [-0.3, -0.25) is 4.79 Å². The van der Waals surface area contributed by atoms with Crippen LogP contribution in [-0.4, -0.2) is 31.8 Å². The van der Waals surface area contributed by atoms with Crippen molar-refractivity contribution in [2.75, 3.05) is 5.75 Å². The summed E-state index contributed by atoms with van der Waals surface area (Å²) in [5, 5.41) is 6.67. The van der Waals surface area contributed by atoms with E-state index in [4.69, 9.17) is 12.2 Å². The highest BCUT2D eigenvalue weighted by Gasteiger charge is 2.26. The van der Waals surface area contributed by atoms with Crippen LogP contribution in [0.15, 0.2) is 35.6 Å². The van der Waals surface area contributed by atoms with Gasteiger partial charge in [0.15, 0.2) is 4.32 Å². The smallest absolute Gasteiger partial charge is 0.259 e. The second kappa shape index (κ2) is 5.38. The molecule has 2 heterocycles. The summed E-state index contributed by atoms with van der Waals surface area (Å²) in [5.74, 6) is 0.322. The number of thioether (sulfide) groups is 1. The van der Waals surface area contributed by atoms with Crippen molar-refractivity contribution in [3.8, 4) is 0 Å². The molecule has 1 aliphatic heterocycles. The molecule has 1 saturated heterocycles. The average Bonchev–Trinajstić information content (AvgIpc) is 2.98. The molecular formula is C14H13N3OS2. The van der Waals surface area contributed by atoms with Gasteiger partial charge in [-0.2, -0.15) is 10.1 Å². The fourth-order valence-electron chi connectivity index (χ4n) is 2.22. The van der Waals surface area contributed by atoms with Crippen LogP contribution in [-0.2, 0) is 11.3 Å². The van der Waals surface area contributed by atoms with E-state index in [1.807, 2.05) is 18.3 Å². The number of benzene rings is 1. The number of hydrogen-bond donors (Lipinski definition) is 0. The number of rotatable bonds is 3. The van der Waals surface area contributed by atoms with E-state index in [1.165, 1.54) is 22.3 Å². The summed E-state index contributed by atoms with van der Waals surface area (Å²) in [5.41, 5.74) is 2.16. The summed E-state index contributed by atoms with van der Waals surface area (Å²) < 4.78 is 2.68. The van der Waals surface area contributed by atoms with Crippen LogP contribution in [0.3, 0.4) is 0 Å². The van der Waals surface area contributed by atoms with Gasteiger partial charge in [-0.05, 0) is 13.0 Å². The zero-order valence-corrected chi connectivity index (χ0v) is 12.6. The van der Waals surface area contributed by atoms with Crippen LogP contribution in [0.4, 0.5) is 0 Å². The van der Waals surface area contributed by atoms with Crippen molar-refractivity contribution in [3.05, 3.63) is 36.0 Å². The molecule has 20 heavy (non-hydrogen) atoms. The Kier molecular flexibility index (Phi) is 3.58. The molecule has 1 aromatic carbocycles. The first-order valence-electron chi connectivity index (χ1n) is 6.32. The molecular weight excluding hydrogens is 290 g/mol. The first-order valence-corrected chi connectivity index (χ1v) is 7.71. The fraction of sp³-hybridized carbons (Fsp3) is 0.214. The van der Waals surface area contributed by atoms with Crippen LogP contribution >= 0.6 is 24.0 Å². The van der Waals surface area contributed by atoms with Gasteiger partial charge in [-0.1, -0.05) is 42.2 Å². The van der Waals surface area contributed by atoms with Crippen LogP contribution in [0.2, 0.25) is 0 Å². The summed E-state index contributed by atoms with van der Waals surface area (Å²) >= 11 is 6.46. The maximum absolute atomic E-state index is 11.6. The number of amides is 1. The van der Waals surface area contributed by atoms with Crippen molar-refractivity contribution in [1.82, 2.24) is 9.58 Å². The molecule has 1 amide bonds. The molecule has 3 rings (SSSR count). The third-order valence-corrected chi connectivity index (χ3v) is 4.54. The minimum absolute atomic E-state index is 0.0597. The predicted molar refractivity (Wildman–Crippen MR) is 87.1 cm³/mol. The Morgan fingerprint density at radius 3 is 2.95 bits per heavy atom. The van der Waals surface area contributed by atoms with Crippen LogP contribution in [0.5, 0.6) is 0 Å². The number of aromatic nitrogens is 1. The molecule has 4 nitrogen and oxygen atoms in total. The summed E-state index contributed by atoms with van der Waals surface area (Å²) in [7, 11) is 0. The monoisotopic (exact) mass is 303 g/mol. The number of nitrogens with zero attached hydrogens (tertiary/aromatic N) is 3. The van der Waals surface area contributed by atoms with Crippen LogP contribution in [0.1, 0.15) is 12.5 Å². The zero-order chi connectivity index (χ0) is 14.1. The van der Waals surface area contributed by atoms with Crippen molar-refractivity contribution in [3.63, 3.8) is 0 Å². The van der Waals surface area contributed by atoms with Gasteiger partial charge in [0.1, 0.15) is 0 Å². The lowest BCUT2D eigenvalue weighted by molar-refractivity contribution is -0.123. The van der Waals surface area contributed by atoms with Gasteiger partial charge >= 0.3 is 0 Å². The Morgan fingerprint density at radius 1 is 1.45 bits per heavy atom. The third kappa shape index (κ3) is 2.25. The standard InChI is InChI=1S/C14H13N3OS2/c1-2-16-8-10(11-5-3-4-6-12(11)16)7-15-17-13(18)9-20-14(17)19/h3-8H,2,9H2,1H3/b15-7-. The van der Waals surface area contributed by atoms with Crippen molar-refractivity contribution in [2.45, 2.75) is 13.5 Å². The molecule has 102 valence electrons. The molecule has 6 heteroatoms. The number of carbonyl (C=O) groups is 1. The molecule has 0 N–H and O–H groups in total. The van der Waals surface area contributed by atoms with Crippen LogP contribution < -0.4 is 0 Å². The minimum Gasteiger partial charge on any atom is -0.347 e. The summed E-state index contributed by atoms with van der Waals surface area (Å²) in [6.07, 6.45) is 3.76. The molecule has 1 aromatic heterocycles. The predicted octanol–water partition coefficient (Wildman–Crippen LogP) is 2.86. The van der Waals surface area contributed by atoms with Crippen molar-refractivity contribution in [2.24, 2.45) is 5.10 Å². The highest BCUT2D eigenvalue weighted by Crippen LogP contribution is 2.22. The van der Waals surface area contributed by atoms with Crippen molar-refractivity contribution in [1.29, 1.82) is 0 Å². The van der Waals surface area contributed by atoms with E-state index in [2.05, 4.69) is 28.7 Å². The maximum atomic E-state index is 11.6. The summed E-state index contributed by atoms with van der Waals surface area (Å²) in [6, 6.07) is 8.16. The Morgan fingerprint density at radius 2 is 2.25 bits per heavy atom. The van der Waals surface area contributed by atoms with Crippen molar-refractivity contribution < 1.29 is 4.79 Å². The Hall–Kier alpha value is -1.66. The number of hydrogen-bond acceptors (Lipinski definition) is 4. The first-order chi connectivity index (χ1) is 9.70. The van der Waals surface area contributed by atoms with Gasteiger partial charge in [0.25, 0.3) is 5.91 Å². The number of hydrazone groups is 1. The van der Waals surface area contributed by atoms with Gasteiger partial charge in [0, 0.05) is 29.2 Å². The van der Waals surface area contributed by atoms with Gasteiger partial charge in [-0.25, -0.2) is 0 Å². The molecule has 0 atom stereocenters. The Labute approximate surface area is 126 Å². The van der Waals surface area contributed by atoms with Gasteiger partial charge in [0.05, 0.1) is 12.0 Å². The molecule has 0 bridgehead atoms.